The topological polar surface area (TPSA) is 49.5 Å². The second kappa shape index (κ2) is 3.56. The quantitative estimate of drug-likeness (QED) is 0.658. The van der Waals surface area contributed by atoms with Crippen LogP contribution in [0.25, 0.3) is 0 Å². The molecule has 2 fully saturated rings. The molecule has 0 amide bonds. The zero-order valence-corrected chi connectivity index (χ0v) is 8.21. The highest BCUT2D eigenvalue weighted by atomic mass is 16.3. The Balaban J connectivity index is 1.78. The van der Waals surface area contributed by atoms with E-state index in [0.717, 1.165) is 32.6 Å². The number of rotatable bonds is 3. The normalized spacial score (nSPS) is 32.3. The summed E-state index contributed by atoms with van der Waals surface area (Å²) < 4.78 is 0. The van der Waals surface area contributed by atoms with E-state index in [-0.39, 0.29) is 6.10 Å². The van der Waals surface area contributed by atoms with Gasteiger partial charge in [0, 0.05) is 6.54 Å². The molecule has 1 atom stereocenters. The van der Waals surface area contributed by atoms with Crippen LogP contribution in [-0.4, -0.2) is 42.3 Å². The van der Waals surface area contributed by atoms with Gasteiger partial charge in [0.2, 0.25) is 0 Å². The lowest BCUT2D eigenvalue weighted by Gasteiger charge is -2.36. The number of hydrogen-bond donors (Lipinski definition) is 2. The molecule has 1 saturated carbocycles. The van der Waals surface area contributed by atoms with Crippen molar-refractivity contribution < 1.29 is 5.11 Å². The molecule has 0 unspecified atom stereocenters. The summed E-state index contributed by atoms with van der Waals surface area (Å²) in [6, 6.07) is 0. The molecule has 1 heterocycles. The summed E-state index contributed by atoms with van der Waals surface area (Å²) in [6.07, 6.45) is 4.68. The average molecular weight is 184 g/mol. The molecule has 1 spiro atoms. The van der Waals surface area contributed by atoms with Crippen LogP contribution in [0, 0.1) is 5.41 Å². The Morgan fingerprint density at radius 3 is 2.69 bits per heavy atom. The second-order valence-corrected chi connectivity index (χ2v) is 4.57. The Morgan fingerprint density at radius 2 is 2.15 bits per heavy atom. The summed E-state index contributed by atoms with van der Waals surface area (Å²) in [7, 11) is 0. The molecule has 0 bridgehead atoms. The van der Waals surface area contributed by atoms with Gasteiger partial charge < -0.3 is 15.7 Å². The molecule has 0 aromatic carbocycles. The fraction of sp³-hybridized carbons (Fsp3) is 1.00. The summed E-state index contributed by atoms with van der Waals surface area (Å²) in [5.74, 6) is 0. The predicted molar refractivity (Wildman–Crippen MR) is 52.4 cm³/mol. The number of aliphatic hydroxyl groups is 1. The Kier molecular flexibility index (Phi) is 2.58. The van der Waals surface area contributed by atoms with Crippen LogP contribution >= 0.6 is 0 Å². The van der Waals surface area contributed by atoms with Crippen LogP contribution < -0.4 is 5.73 Å². The Hall–Kier alpha value is -0.120. The largest absolute Gasteiger partial charge is 0.391 e. The summed E-state index contributed by atoms with van der Waals surface area (Å²) in [4.78, 5) is 2.35. The van der Waals surface area contributed by atoms with Gasteiger partial charge >= 0.3 is 0 Å². The van der Waals surface area contributed by atoms with Crippen molar-refractivity contribution >= 4 is 0 Å². The number of likely N-dealkylation sites (tertiary alicyclic amines) is 1. The van der Waals surface area contributed by atoms with E-state index in [0.29, 0.717) is 5.41 Å². The van der Waals surface area contributed by atoms with Gasteiger partial charge in [0.05, 0.1) is 6.10 Å². The fourth-order valence-electron chi connectivity index (χ4n) is 2.34. The molecule has 1 aliphatic heterocycles. The van der Waals surface area contributed by atoms with Crippen molar-refractivity contribution in [3.8, 4) is 0 Å². The molecule has 2 aliphatic rings. The van der Waals surface area contributed by atoms with Crippen LogP contribution in [0.4, 0.5) is 0 Å². The van der Waals surface area contributed by atoms with Gasteiger partial charge in [-0.05, 0) is 50.7 Å². The van der Waals surface area contributed by atoms with Crippen LogP contribution in [0.3, 0.4) is 0 Å². The van der Waals surface area contributed by atoms with E-state index >= 15 is 0 Å². The molecule has 0 radical (unpaired) electrons. The van der Waals surface area contributed by atoms with Crippen molar-refractivity contribution in [2.45, 2.75) is 31.8 Å². The molecule has 1 aliphatic carbocycles. The second-order valence-electron chi connectivity index (χ2n) is 4.57. The maximum atomic E-state index is 9.90. The maximum absolute atomic E-state index is 9.90. The highest BCUT2D eigenvalue weighted by Crippen LogP contribution is 2.53. The predicted octanol–water partition coefficient (Wildman–Crippen LogP) is 0.182. The lowest BCUT2D eigenvalue weighted by atomic mass is 9.90. The summed E-state index contributed by atoms with van der Waals surface area (Å²) in [5, 5.41) is 9.90. The molecule has 3 heteroatoms. The van der Waals surface area contributed by atoms with Gasteiger partial charge in [-0.15, -0.1) is 0 Å². The number of β-amino-alcohol motifs (C(OH)–C–C–N with tert-alkyl or cyclic N) is 1. The average Bonchev–Trinajstić information content (AvgIpc) is 2.89. The molecule has 3 N–H and O–H groups in total. The SMILES string of the molecule is NCCCN1CCC2(CC2)[C@H](O)C1. The minimum Gasteiger partial charge on any atom is -0.391 e. The van der Waals surface area contributed by atoms with Gasteiger partial charge in [0.1, 0.15) is 0 Å². The fourth-order valence-corrected chi connectivity index (χ4v) is 2.34. The van der Waals surface area contributed by atoms with Crippen molar-refractivity contribution in [2.75, 3.05) is 26.2 Å². The van der Waals surface area contributed by atoms with E-state index in [1.807, 2.05) is 0 Å². The number of aliphatic hydroxyl groups excluding tert-OH is 1. The zero-order valence-electron chi connectivity index (χ0n) is 8.21. The summed E-state index contributed by atoms with van der Waals surface area (Å²) in [5.41, 5.74) is 5.80. The molecule has 76 valence electrons. The number of piperidine rings is 1. The van der Waals surface area contributed by atoms with E-state index in [9.17, 15) is 5.11 Å². The molecule has 13 heavy (non-hydrogen) atoms. The van der Waals surface area contributed by atoms with Crippen molar-refractivity contribution in [3.05, 3.63) is 0 Å². The standard InChI is InChI=1S/C10H20N2O/c11-5-1-6-12-7-4-10(2-3-10)9(13)8-12/h9,13H,1-8,11H2/t9-/m1/s1. The third kappa shape index (κ3) is 1.87. The number of nitrogens with two attached hydrogens (primary N) is 1. The molecule has 0 aromatic heterocycles. The van der Waals surface area contributed by atoms with E-state index in [1.165, 1.54) is 19.3 Å². The molecule has 3 nitrogen and oxygen atoms in total. The summed E-state index contributed by atoms with van der Waals surface area (Å²) in [6.45, 7) is 3.86. The van der Waals surface area contributed by atoms with Crippen LogP contribution in [0.1, 0.15) is 25.7 Å². The first-order valence-corrected chi connectivity index (χ1v) is 5.37. The van der Waals surface area contributed by atoms with Crippen molar-refractivity contribution in [3.63, 3.8) is 0 Å². The lowest BCUT2D eigenvalue weighted by molar-refractivity contribution is 0.00851. The van der Waals surface area contributed by atoms with Gasteiger partial charge in [-0.1, -0.05) is 0 Å². The minimum atomic E-state index is -0.0703. The molecular formula is C10H20N2O. The van der Waals surface area contributed by atoms with Crippen LogP contribution in [0.15, 0.2) is 0 Å². The van der Waals surface area contributed by atoms with Crippen LogP contribution in [-0.2, 0) is 0 Å². The van der Waals surface area contributed by atoms with E-state index in [1.54, 1.807) is 0 Å². The van der Waals surface area contributed by atoms with Gasteiger partial charge in [-0.3, -0.25) is 0 Å². The number of hydrogen-bond acceptors (Lipinski definition) is 3. The monoisotopic (exact) mass is 184 g/mol. The van der Waals surface area contributed by atoms with E-state index in [2.05, 4.69) is 4.90 Å². The smallest absolute Gasteiger partial charge is 0.0723 e. The highest BCUT2D eigenvalue weighted by Gasteiger charge is 2.50. The van der Waals surface area contributed by atoms with Crippen molar-refractivity contribution in [1.82, 2.24) is 4.90 Å². The van der Waals surface area contributed by atoms with Gasteiger partial charge in [0.15, 0.2) is 0 Å². The van der Waals surface area contributed by atoms with Gasteiger partial charge in [-0.2, -0.15) is 0 Å². The van der Waals surface area contributed by atoms with Crippen LogP contribution in [0.2, 0.25) is 0 Å². The first kappa shape index (κ1) is 9.44. The third-order valence-electron chi connectivity index (χ3n) is 3.63. The molecule has 1 saturated heterocycles. The Bertz CT molecular complexity index is 180. The zero-order chi connectivity index (χ0) is 9.31. The summed E-state index contributed by atoms with van der Waals surface area (Å²) >= 11 is 0. The Morgan fingerprint density at radius 1 is 1.38 bits per heavy atom. The Labute approximate surface area is 79.9 Å². The minimum absolute atomic E-state index is 0.0703. The van der Waals surface area contributed by atoms with Gasteiger partial charge in [-0.25, -0.2) is 0 Å². The molecule has 2 rings (SSSR count). The first-order valence-electron chi connectivity index (χ1n) is 5.37. The maximum Gasteiger partial charge on any atom is 0.0723 e. The lowest BCUT2D eigenvalue weighted by Crippen LogP contribution is -2.45. The van der Waals surface area contributed by atoms with E-state index < -0.39 is 0 Å². The van der Waals surface area contributed by atoms with E-state index in [4.69, 9.17) is 5.73 Å². The highest BCUT2D eigenvalue weighted by molar-refractivity contribution is 5.02. The van der Waals surface area contributed by atoms with Crippen molar-refractivity contribution in [1.29, 1.82) is 0 Å². The first-order chi connectivity index (χ1) is 6.27. The molecule has 0 aromatic rings. The number of nitrogens with zero attached hydrogens (tertiary/aromatic N) is 1. The molecular weight excluding hydrogens is 164 g/mol. The van der Waals surface area contributed by atoms with Gasteiger partial charge in [0.25, 0.3) is 0 Å². The van der Waals surface area contributed by atoms with Crippen molar-refractivity contribution in [2.24, 2.45) is 11.1 Å². The third-order valence-corrected chi connectivity index (χ3v) is 3.63. The van der Waals surface area contributed by atoms with Crippen LogP contribution in [0.5, 0.6) is 0 Å².